The third kappa shape index (κ3) is 4.17. The predicted molar refractivity (Wildman–Crippen MR) is 82.6 cm³/mol. The van der Waals surface area contributed by atoms with E-state index in [-0.39, 0.29) is 0 Å². The van der Waals surface area contributed by atoms with Crippen LogP contribution in [0.5, 0.6) is 0 Å². The number of likely N-dealkylation sites (tertiary alicyclic amines) is 1. The van der Waals surface area contributed by atoms with E-state index in [2.05, 4.69) is 42.4 Å². The smallest absolute Gasteiger partial charge is 0.0195 e. The molecule has 2 aliphatic heterocycles. The molecule has 0 N–H and O–H groups in total. The first-order chi connectivity index (χ1) is 9.10. The zero-order chi connectivity index (χ0) is 13.8. The van der Waals surface area contributed by atoms with Crippen molar-refractivity contribution in [2.24, 2.45) is 5.92 Å². The van der Waals surface area contributed by atoms with Gasteiger partial charge in [0.1, 0.15) is 0 Å². The van der Waals surface area contributed by atoms with Crippen molar-refractivity contribution in [1.82, 2.24) is 14.7 Å². The number of piperazine rings is 1. The van der Waals surface area contributed by atoms with E-state index < -0.39 is 0 Å². The van der Waals surface area contributed by atoms with Gasteiger partial charge in [-0.25, -0.2) is 0 Å². The Labute approximate surface area is 119 Å². The second-order valence-corrected chi connectivity index (χ2v) is 6.89. The highest BCUT2D eigenvalue weighted by Crippen LogP contribution is 2.21. The summed E-state index contributed by atoms with van der Waals surface area (Å²) < 4.78 is 0. The maximum atomic E-state index is 2.74. The van der Waals surface area contributed by atoms with Crippen molar-refractivity contribution in [2.45, 2.75) is 52.6 Å². The Kier molecular flexibility index (Phi) is 5.67. The zero-order valence-corrected chi connectivity index (χ0v) is 13.4. The Balaban J connectivity index is 1.75. The van der Waals surface area contributed by atoms with Crippen LogP contribution in [0.3, 0.4) is 0 Å². The molecule has 2 atom stereocenters. The van der Waals surface area contributed by atoms with E-state index >= 15 is 0 Å². The number of rotatable bonds is 5. The Bertz CT molecular complexity index is 267. The summed E-state index contributed by atoms with van der Waals surface area (Å²) in [4.78, 5) is 8.01. The van der Waals surface area contributed by atoms with Gasteiger partial charge >= 0.3 is 0 Å². The number of hydrogen-bond donors (Lipinski definition) is 0. The van der Waals surface area contributed by atoms with Crippen molar-refractivity contribution >= 4 is 0 Å². The normalized spacial score (nSPS) is 31.4. The van der Waals surface area contributed by atoms with E-state index in [0.717, 1.165) is 18.0 Å². The summed E-state index contributed by atoms with van der Waals surface area (Å²) in [5.74, 6) is 0.905. The van der Waals surface area contributed by atoms with Crippen LogP contribution in [0.2, 0.25) is 0 Å². The summed E-state index contributed by atoms with van der Waals surface area (Å²) in [7, 11) is 0. The van der Waals surface area contributed by atoms with Crippen LogP contribution in [0.25, 0.3) is 0 Å². The first-order valence-corrected chi connectivity index (χ1v) is 8.30. The lowest BCUT2D eigenvalue weighted by Crippen LogP contribution is -2.53. The summed E-state index contributed by atoms with van der Waals surface area (Å²) in [6.45, 7) is 18.4. The molecule has 0 radical (unpaired) electrons. The van der Waals surface area contributed by atoms with Gasteiger partial charge in [-0.15, -0.1) is 0 Å². The van der Waals surface area contributed by atoms with Crippen LogP contribution >= 0.6 is 0 Å². The molecular formula is C16H33N3. The summed E-state index contributed by atoms with van der Waals surface area (Å²) >= 11 is 0. The summed E-state index contributed by atoms with van der Waals surface area (Å²) in [6.07, 6.45) is 2.69. The first kappa shape index (κ1) is 15.3. The standard InChI is InChI=1S/C16H33N3/c1-5-7-17-9-10-19(15(4)11-17)13-16-6-8-18(12-16)14(2)3/h14-16H,5-13H2,1-4H3. The Morgan fingerprint density at radius 3 is 2.47 bits per heavy atom. The van der Waals surface area contributed by atoms with Crippen molar-refractivity contribution in [3.63, 3.8) is 0 Å². The molecule has 2 saturated heterocycles. The molecule has 19 heavy (non-hydrogen) atoms. The molecule has 2 rings (SSSR count). The average Bonchev–Trinajstić information content (AvgIpc) is 2.82. The number of nitrogens with zero attached hydrogens (tertiary/aromatic N) is 3. The summed E-state index contributed by atoms with van der Waals surface area (Å²) in [6, 6.07) is 1.47. The van der Waals surface area contributed by atoms with Crippen molar-refractivity contribution in [2.75, 3.05) is 45.8 Å². The van der Waals surface area contributed by atoms with Gasteiger partial charge in [-0.2, -0.15) is 0 Å². The van der Waals surface area contributed by atoms with Crippen LogP contribution in [0.1, 0.15) is 40.5 Å². The van der Waals surface area contributed by atoms with Crippen molar-refractivity contribution in [3.05, 3.63) is 0 Å². The molecular weight excluding hydrogens is 234 g/mol. The zero-order valence-electron chi connectivity index (χ0n) is 13.4. The van der Waals surface area contributed by atoms with Gasteiger partial charge in [0.15, 0.2) is 0 Å². The van der Waals surface area contributed by atoms with Crippen LogP contribution < -0.4 is 0 Å². The van der Waals surface area contributed by atoms with Crippen LogP contribution in [0.15, 0.2) is 0 Å². The lowest BCUT2D eigenvalue weighted by Gasteiger charge is -2.41. The number of hydrogen-bond acceptors (Lipinski definition) is 3. The second kappa shape index (κ2) is 7.05. The molecule has 0 amide bonds. The molecule has 2 aliphatic rings. The summed E-state index contributed by atoms with van der Waals surface area (Å²) in [5.41, 5.74) is 0. The highest BCUT2D eigenvalue weighted by molar-refractivity contribution is 4.85. The molecule has 0 saturated carbocycles. The van der Waals surface area contributed by atoms with E-state index in [4.69, 9.17) is 0 Å². The molecule has 3 nitrogen and oxygen atoms in total. The highest BCUT2D eigenvalue weighted by atomic mass is 15.3. The Hall–Kier alpha value is -0.120. The largest absolute Gasteiger partial charge is 0.301 e. The maximum Gasteiger partial charge on any atom is 0.0195 e. The first-order valence-electron chi connectivity index (χ1n) is 8.30. The monoisotopic (exact) mass is 267 g/mol. The third-order valence-electron chi connectivity index (χ3n) is 4.93. The minimum Gasteiger partial charge on any atom is -0.301 e. The van der Waals surface area contributed by atoms with Crippen molar-refractivity contribution < 1.29 is 0 Å². The van der Waals surface area contributed by atoms with Crippen LogP contribution in [-0.4, -0.2) is 72.6 Å². The van der Waals surface area contributed by atoms with Crippen LogP contribution in [0.4, 0.5) is 0 Å². The molecule has 0 aliphatic carbocycles. The minimum absolute atomic E-state index is 0.726. The van der Waals surface area contributed by atoms with E-state index in [9.17, 15) is 0 Å². The van der Waals surface area contributed by atoms with E-state index in [0.29, 0.717) is 0 Å². The fourth-order valence-electron chi connectivity index (χ4n) is 3.67. The lowest BCUT2D eigenvalue weighted by atomic mass is 10.1. The molecule has 2 heterocycles. The topological polar surface area (TPSA) is 9.72 Å². The van der Waals surface area contributed by atoms with E-state index in [1.807, 2.05) is 0 Å². The van der Waals surface area contributed by atoms with Gasteiger partial charge in [0, 0.05) is 44.8 Å². The van der Waals surface area contributed by atoms with Gasteiger partial charge in [0.05, 0.1) is 0 Å². The van der Waals surface area contributed by atoms with Crippen LogP contribution in [-0.2, 0) is 0 Å². The quantitative estimate of drug-likeness (QED) is 0.755. The molecule has 112 valence electrons. The second-order valence-electron chi connectivity index (χ2n) is 6.89. The third-order valence-corrected chi connectivity index (χ3v) is 4.93. The highest BCUT2D eigenvalue weighted by Gasteiger charge is 2.29. The molecule has 0 bridgehead atoms. The molecule has 0 aromatic carbocycles. The fraction of sp³-hybridized carbons (Fsp3) is 1.00. The fourth-order valence-corrected chi connectivity index (χ4v) is 3.67. The molecule has 2 fully saturated rings. The Morgan fingerprint density at radius 1 is 1.11 bits per heavy atom. The molecule has 0 aromatic heterocycles. The average molecular weight is 267 g/mol. The van der Waals surface area contributed by atoms with Gasteiger partial charge in [0.25, 0.3) is 0 Å². The molecule has 2 unspecified atom stereocenters. The molecule has 0 aromatic rings. The van der Waals surface area contributed by atoms with E-state index in [1.165, 1.54) is 58.7 Å². The molecule has 0 spiro atoms. The van der Waals surface area contributed by atoms with Gasteiger partial charge in [-0.3, -0.25) is 4.90 Å². The molecule has 3 heteroatoms. The van der Waals surface area contributed by atoms with Crippen molar-refractivity contribution in [1.29, 1.82) is 0 Å². The lowest BCUT2D eigenvalue weighted by molar-refractivity contribution is 0.0708. The minimum atomic E-state index is 0.726. The van der Waals surface area contributed by atoms with E-state index in [1.54, 1.807) is 0 Å². The summed E-state index contributed by atoms with van der Waals surface area (Å²) in [5, 5.41) is 0. The maximum absolute atomic E-state index is 2.74. The van der Waals surface area contributed by atoms with Crippen LogP contribution in [0, 0.1) is 5.92 Å². The predicted octanol–water partition coefficient (Wildman–Crippen LogP) is 2.13. The van der Waals surface area contributed by atoms with Crippen molar-refractivity contribution in [3.8, 4) is 0 Å². The van der Waals surface area contributed by atoms with Gasteiger partial charge in [-0.05, 0) is 52.6 Å². The van der Waals surface area contributed by atoms with Gasteiger partial charge < -0.3 is 9.80 Å². The van der Waals surface area contributed by atoms with Gasteiger partial charge in [-0.1, -0.05) is 6.92 Å². The van der Waals surface area contributed by atoms with Gasteiger partial charge in [0.2, 0.25) is 0 Å². The Morgan fingerprint density at radius 2 is 1.89 bits per heavy atom. The SMILES string of the molecule is CCCN1CCN(CC2CCN(C(C)C)C2)C(C)C1.